The van der Waals surface area contributed by atoms with Gasteiger partial charge in [-0.2, -0.15) is 0 Å². The molecule has 0 radical (unpaired) electrons. The first-order chi connectivity index (χ1) is 14.5. The summed E-state index contributed by atoms with van der Waals surface area (Å²) in [5.74, 6) is -0.697. The van der Waals surface area contributed by atoms with Crippen molar-refractivity contribution in [3.05, 3.63) is 39.4 Å². The van der Waals surface area contributed by atoms with Gasteiger partial charge in [0, 0.05) is 6.42 Å². The highest BCUT2D eigenvalue weighted by Crippen LogP contribution is 2.19. The molecule has 8 heteroatoms. The van der Waals surface area contributed by atoms with E-state index in [1.165, 1.54) is 38.3 Å². The monoisotopic (exact) mass is 439 g/mol. The van der Waals surface area contributed by atoms with Gasteiger partial charge in [0.1, 0.15) is 11.9 Å². The summed E-state index contributed by atoms with van der Waals surface area (Å²) in [4.78, 5) is 28.6. The first kappa shape index (κ1) is 26.0. The lowest BCUT2D eigenvalue weighted by Crippen LogP contribution is -2.00. The molecule has 1 aromatic heterocycles. The van der Waals surface area contributed by atoms with Crippen molar-refractivity contribution in [3.8, 4) is 0 Å². The molecule has 168 valence electrons. The number of rotatable bonds is 18. The molecule has 0 aliphatic rings. The molecule has 1 aromatic rings. The molecule has 0 aliphatic heterocycles. The Bertz CT molecular complexity index is 668. The van der Waals surface area contributed by atoms with E-state index in [9.17, 15) is 14.9 Å². The molecule has 30 heavy (non-hydrogen) atoms. The lowest BCUT2D eigenvalue weighted by Gasteiger charge is -2.03. The number of unbranched alkanes of at least 4 members (excludes halogenated alkanes) is 11. The van der Waals surface area contributed by atoms with Gasteiger partial charge in [0.25, 0.3) is 0 Å². The van der Waals surface area contributed by atoms with Crippen molar-refractivity contribution < 1.29 is 14.8 Å². The van der Waals surface area contributed by atoms with E-state index in [1.54, 1.807) is 0 Å². The second-order valence-corrected chi connectivity index (χ2v) is 7.90. The number of hydrogen-bond acceptors (Lipinski definition) is 5. The van der Waals surface area contributed by atoms with Gasteiger partial charge in [0.05, 0.1) is 4.92 Å². The number of aryl methyl sites for hydroxylation is 1. The van der Waals surface area contributed by atoms with Crippen molar-refractivity contribution >= 4 is 23.3 Å². The molecule has 0 atom stereocenters. The third-order valence-corrected chi connectivity index (χ3v) is 5.16. The molecule has 0 bridgehead atoms. The topological polar surface area (TPSA) is 106 Å². The zero-order valence-corrected chi connectivity index (χ0v) is 18.5. The minimum Gasteiger partial charge on any atom is -0.481 e. The zero-order valence-electron chi connectivity index (χ0n) is 17.7. The van der Waals surface area contributed by atoms with Crippen LogP contribution < -0.4 is 0 Å². The predicted molar refractivity (Wildman–Crippen MR) is 119 cm³/mol. The quantitative estimate of drug-likeness (QED) is 0.0897. The third-order valence-electron chi connectivity index (χ3n) is 4.98. The molecule has 0 saturated heterocycles. The Morgan fingerprint density at radius 3 is 2.07 bits per heavy atom. The second-order valence-electron chi connectivity index (χ2n) is 7.56. The molecule has 0 aromatic carbocycles. The Kier molecular flexibility index (Phi) is 14.5. The minimum absolute atomic E-state index is 0.0515. The highest BCUT2D eigenvalue weighted by Gasteiger charge is 2.16. The number of nitro groups is 1. The maximum Gasteiger partial charge on any atom is 0.308 e. The van der Waals surface area contributed by atoms with Gasteiger partial charge in [0.15, 0.2) is 0 Å². The van der Waals surface area contributed by atoms with E-state index in [-0.39, 0.29) is 11.0 Å². The van der Waals surface area contributed by atoms with Crippen molar-refractivity contribution in [1.29, 1.82) is 0 Å². The number of nitrogens with zero attached hydrogens (tertiary/aromatic N) is 3. The van der Waals surface area contributed by atoms with Gasteiger partial charge in [-0.05, 0) is 56.5 Å². The molecular formula is C22H34ClN3O4. The fourth-order valence-electron chi connectivity index (χ4n) is 3.29. The van der Waals surface area contributed by atoms with Crippen molar-refractivity contribution in [3.63, 3.8) is 0 Å². The number of aliphatic carboxylic acids is 1. The third kappa shape index (κ3) is 13.2. The number of hydrogen-bond donors (Lipinski definition) is 1. The molecule has 0 fully saturated rings. The first-order valence-corrected chi connectivity index (χ1v) is 11.4. The largest absolute Gasteiger partial charge is 0.481 e. The van der Waals surface area contributed by atoms with Gasteiger partial charge >= 0.3 is 11.7 Å². The van der Waals surface area contributed by atoms with E-state index in [2.05, 4.69) is 22.1 Å². The van der Waals surface area contributed by atoms with Crippen molar-refractivity contribution in [2.24, 2.45) is 0 Å². The number of carbonyl (C=O) groups is 1. The number of aromatic nitrogens is 2. The van der Waals surface area contributed by atoms with Gasteiger partial charge < -0.3 is 5.11 Å². The van der Waals surface area contributed by atoms with E-state index in [1.807, 2.05) is 0 Å². The number of halogens is 1. The average molecular weight is 440 g/mol. The molecule has 7 nitrogen and oxygen atoms in total. The molecule has 0 amide bonds. The summed E-state index contributed by atoms with van der Waals surface area (Å²) in [5.41, 5.74) is 0.370. The number of carboxylic acid groups (broad SMARTS) is 1. The van der Waals surface area contributed by atoms with Gasteiger partial charge in [-0.1, -0.05) is 57.1 Å². The minimum atomic E-state index is -0.697. The van der Waals surface area contributed by atoms with Crippen LogP contribution in [0.1, 0.15) is 95.6 Å². The lowest BCUT2D eigenvalue weighted by molar-refractivity contribution is -0.386. The van der Waals surface area contributed by atoms with Gasteiger partial charge in [-0.15, -0.1) is 0 Å². The summed E-state index contributed by atoms with van der Waals surface area (Å²) in [6.45, 7) is 0. The van der Waals surface area contributed by atoms with Gasteiger partial charge in [-0.3, -0.25) is 14.9 Å². The van der Waals surface area contributed by atoms with Crippen LogP contribution in [0.2, 0.25) is 5.28 Å². The number of allylic oxidation sites excluding steroid dienone is 2. The standard InChI is InChI=1S/C22H34ClN3O4/c23-22-24-18-20(26(29)30)19(25-22)16-14-12-10-8-6-4-2-1-3-5-7-9-11-13-15-17-21(27)28/h1,3,18H,2,4-17H2,(H,27,28)/b3-1-. The van der Waals surface area contributed by atoms with Crippen LogP contribution in [0.15, 0.2) is 18.3 Å². The highest BCUT2D eigenvalue weighted by atomic mass is 35.5. The summed E-state index contributed by atoms with van der Waals surface area (Å²) >= 11 is 5.74. The van der Waals surface area contributed by atoms with Crippen LogP contribution in [0.3, 0.4) is 0 Å². The SMILES string of the molecule is O=C(O)CCCCCCC/C=C\CCCCCCCCc1nc(Cl)ncc1[N+](=O)[O-]. The van der Waals surface area contributed by atoms with Crippen LogP contribution >= 0.6 is 11.6 Å². The van der Waals surface area contributed by atoms with E-state index in [0.717, 1.165) is 51.4 Å². The van der Waals surface area contributed by atoms with Gasteiger partial charge in [-0.25, -0.2) is 9.97 Å². The van der Waals surface area contributed by atoms with Crippen molar-refractivity contribution in [2.75, 3.05) is 0 Å². The smallest absolute Gasteiger partial charge is 0.308 e. The van der Waals surface area contributed by atoms with Crippen LogP contribution in [-0.2, 0) is 11.2 Å². The normalized spacial score (nSPS) is 11.2. The van der Waals surface area contributed by atoms with Gasteiger partial charge in [0.2, 0.25) is 5.28 Å². The van der Waals surface area contributed by atoms with Crippen LogP contribution in [0.4, 0.5) is 5.69 Å². The number of carboxylic acids is 1. The van der Waals surface area contributed by atoms with E-state index in [0.29, 0.717) is 18.5 Å². The maximum atomic E-state index is 11.0. The summed E-state index contributed by atoms with van der Waals surface area (Å²) in [5, 5.41) is 19.6. The fourth-order valence-corrected chi connectivity index (χ4v) is 3.44. The van der Waals surface area contributed by atoms with E-state index >= 15 is 0 Å². The summed E-state index contributed by atoms with van der Waals surface area (Å²) in [6.07, 6.45) is 20.7. The van der Waals surface area contributed by atoms with E-state index < -0.39 is 10.9 Å². The zero-order chi connectivity index (χ0) is 22.0. The Morgan fingerprint density at radius 2 is 1.50 bits per heavy atom. The fraction of sp³-hybridized carbons (Fsp3) is 0.682. The molecule has 0 aliphatic carbocycles. The van der Waals surface area contributed by atoms with Crippen LogP contribution in [-0.4, -0.2) is 26.0 Å². The summed E-state index contributed by atoms with van der Waals surface area (Å²) < 4.78 is 0. The maximum absolute atomic E-state index is 11.0. The molecule has 1 rings (SSSR count). The highest BCUT2D eigenvalue weighted by molar-refractivity contribution is 6.28. The Balaban J connectivity index is 1.93. The second kappa shape index (κ2) is 16.7. The molecule has 1 N–H and O–H groups in total. The molecule has 0 spiro atoms. The Morgan fingerprint density at radius 1 is 0.967 bits per heavy atom. The molecule has 0 saturated carbocycles. The summed E-state index contributed by atoms with van der Waals surface area (Å²) in [6, 6.07) is 0. The van der Waals surface area contributed by atoms with Crippen LogP contribution in [0, 0.1) is 10.1 Å². The van der Waals surface area contributed by atoms with Crippen molar-refractivity contribution in [1.82, 2.24) is 9.97 Å². The van der Waals surface area contributed by atoms with Crippen LogP contribution in [0.25, 0.3) is 0 Å². The predicted octanol–water partition coefficient (Wildman–Crippen LogP) is 6.68. The first-order valence-electron chi connectivity index (χ1n) is 11.0. The van der Waals surface area contributed by atoms with E-state index in [4.69, 9.17) is 16.7 Å². The molecule has 0 unspecified atom stereocenters. The lowest BCUT2D eigenvalue weighted by atomic mass is 10.1. The Labute approximate surface area is 184 Å². The summed E-state index contributed by atoms with van der Waals surface area (Å²) in [7, 11) is 0. The molecular weight excluding hydrogens is 406 g/mol. The average Bonchev–Trinajstić information content (AvgIpc) is 2.70. The molecule has 1 heterocycles. The van der Waals surface area contributed by atoms with Crippen molar-refractivity contribution in [2.45, 2.75) is 96.3 Å². The Hall–Kier alpha value is -2.02. The van der Waals surface area contributed by atoms with Crippen LogP contribution in [0.5, 0.6) is 0 Å².